The largest absolute Gasteiger partial charge is 0.398 e. The van der Waals surface area contributed by atoms with Crippen LogP contribution in [-0.4, -0.2) is 11.4 Å². The fraction of sp³-hybridized carbons (Fsp3) is 0.250. The molecule has 0 aromatic heterocycles. The molecule has 0 saturated carbocycles. The van der Waals surface area contributed by atoms with Gasteiger partial charge in [-0.3, -0.25) is 4.90 Å². The Kier molecular flexibility index (Phi) is 3.88. The summed E-state index contributed by atoms with van der Waals surface area (Å²) in [5.41, 5.74) is 10.5. The molecular weight excluding hydrogens is 291 g/mol. The van der Waals surface area contributed by atoms with E-state index < -0.39 is 0 Å². The molecule has 1 heterocycles. The van der Waals surface area contributed by atoms with Crippen molar-refractivity contribution >= 4 is 28.9 Å². The summed E-state index contributed by atoms with van der Waals surface area (Å²) in [6.07, 6.45) is 1.02. The van der Waals surface area contributed by atoms with Crippen molar-refractivity contribution in [1.82, 2.24) is 4.90 Å². The summed E-state index contributed by atoms with van der Waals surface area (Å²) in [6.45, 7) is 2.61. The number of rotatable bonds is 2. The molecule has 0 atom stereocenters. The number of hydrogen-bond donors (Lipinski definition) is 1. The van der Waals surface area contributed by atoms with Gasteiger partial charge in [-0.2, -0.15) is 0 Å². The van der Waals surface area contributed by atoms with E-state index in [-0.39, 0.29) is 0 Å². The Labute approximate surface area is 129 Å². The number of nitrogens with zero attached hydrogens (tertiary/aromatic N) is 1. The van der Waals surface area contributed by atoms with Gasteiger partial charge in [0.15, 0.2) is 0 Å². The number of hydrogen-bond acceptors (Lipinski definition) is 2. The highest BCUT2D eigenvalue weighted by Crippen LogP contribution is 2.29. The molecule has 2 aromatic carbocycles. The van der Waals surface area contributed by atoms with Gasteiger partial charge < -0.3 is 5.73 Å². The van der Waals surface area contributed by atoms with Gasteiger partial charge in [-0.05, 0) is 35.7 Å². The first-order valence-corrected chi connectivity index (χ1v) is 7.42. The van der Waals surface area contributed by atoms with Crippen molar-refractivity contribution in [3.05, 3.63) is 63.1 Å². The van der Waals surface area contributed by atoms with Crippen LogP contribution in [0.4, 0.5) is 5.69 Å². The van der Waals surface area contributed by atoms with Gasteiger partial charge in [0.05, 0.1) is 0 Å². The number of nitrogens with two attached hydrogens (primary N) is 1. The third-order valence-electron chi connectivity index (χ3n) is 3.83. The van der Waals surface area contributed by atoms with Crippen LogP contribution >= 0.6 is 23.2 Å². The molecule has 0 aliphatic carbocycles. The van der Waals surface area contributed by atoms with E-state index in [2.05, 4.69) is 11.0 Å². The van der Waals surface area contributed by atoms with E-state index in [0.717, 1.165) is 47.4 Å². The third kappa shape index (κ3) is 2.64. The van der Waals surface area contributed by atoms with Gasteiger partial charge in [-0.1, -0.05) is 41.4 Å². The summed E-state index contributed by atoms with van der Waals surface area (Å²) >= 11 is 12.5. The zero-order valence-corrected chi connectivity index (χ0v) is 12.6. The van der Waals surface area contributed by atoms with Crippen molar-refractivity contribution in [2.45, 2.75) is 19.5 Å². The van der Waals surface area contributed by atoms with E-state index in [4.69, 9.17) is 28.9 Å². The highest BCUT2D eigenvalue weighted by Gasteiger charge is 2.19. The quantitative estimate of drug-likeness (QED) is 0.845. The number of nitrogen functional groups attached to an aromatic ring is 1. The Hall–Kier alpha value is -1.22. The normalized spacial score (nSPS) is 15.1. The van der Waals surface area contributed by atoms with Crippen LogP contribution in [0.2, 0.25) is 10.0 Å². The zero-order chi connectivity index (χ0) is 14.1. The summed E-state index contributed by atoms with van der Waals surface area (Å²) in [5.74, 6) is 0. The Morgan fingerprint density at radius 1 is 1.05 bits per heavy atom. The van der Waals surface area contributed by atoms with Crippen LogP contribution in [0.1, 0.15) is 16.7 Å². The smallest absolute Gasteiger partial charge is 0.0465 e. The molecule has 2 N–H and O–H groups in total. The van der Waals surface area contributed by atoms with Gasteiger partial charge >= 0.3 is 0 Å². The molecule has 0 fully saturated rings. The lowest BCUT2D eigenvalue weighted by molar-refractivity contribution is 0.246. The minimum Gasteiger partial charge on any atom is -0.398 e. The predicted octanol–water partition coefficient (Wildman–Crippen LogP) is 4.13. The Morgan fingerprint density at radius 3 is 2.50 bits per heavy atom. The molecule has 0 radical (unpaired) electrons. The van der Waals surface area contributed by atoms with Crippen LogP contribution in [0, 0.1) is 0 Å². The number of halogens is 2. The lowest BCUT2D eigenvalue weighted by atomic mass is 9.98. The average molecular weight is 307 g/mol. The van der Waals surface area contributed by atoms with Gasteiger partial charge in [0.25, 0.3) is 0 Å². The molecule has 3 rings (SSSR count). The van der Waals surface area contributed by atoms with E-state index >= 15 is 0 Å². The molecule has 1 aliphatic heterocycles. The fourth-order valence-corrected chi connectivity index (χ4v) is 3.22. The molecule has 104 valence electrons. The van der Waals surface area contributed by atoms with Crippen molar-refractivity contribution in [1.29, 1.82) is 0 Å². The molecule has 2 nitrogen and oxygen atoms in total. The summed E-state index contributed by atoms with van der Waals surface area (Å²) < 4.78 is 0. The second kappa shape index (κ2) is 5.65. The molecule has 0 unspecified atom stereocenters. The van der Waals surface area contributed by atoms with E-state index in [1.807, 2.05) is 30.3 Å². The van der Waals surface area contributed by atoms with E-state index in [1.54, 1.807) is 0 Å². The SMILES string of the molecule is Nc1cccc2c1CN(Cc1c(Cl)cccc1Cl)CC2. The molecule has 2 aromatic rings. The first-order chi connectivity index (χ1) is 9.65. The summed E-state index contributed by atoms with van der Waals surface area (Å²) in [4.78, 5) is 2.34. The lowest BCUT2D eigenvalue weighted by Gasteiger charge is -2.30. The number of benzene rings is 2. The van der Waals surface area contributed by atoms with Crippen molar-refractivity contribution in [3.8, 4) is 0 Å². The first kappa shape index (κ1) is 13.7. The molecule has 1 aliphatic rings. The second-order valence-electron chi connectivity index (χ2n) is 5.15. The molecule has 0 bridgehead atoms. The zero-order valence-electron chi connectivity index (χ0n) is 11.1. The molecular formula is C16H16Cl2N2. The van der Waals surface area contributed by atoms with Crippen LogP contribution in [-0.2, 0) is 19.5 Å². The standard InChI is InChI=1S/C16H16Cl2N2/c17-14-4-2-5-15(18)13(14)10-20-8-7-11-3-1-6-16(19)12(11)9-20/h1-6H,7-10,19H2. The number of fused-ring (bicyclic) bond motifs is 1. The van der Waals surface area contributed by atoms with E-state index in [9.17, 15) is 0 Å². The minimum atomic E-state index is 0.726. The average Bonchev–Trinajstić information content (AvgIpc) is 2.44. The van der Waals surface area contributed by atoms with Crippen molar-refractivity contribution in [3.63, 3.8) is 0 Å². The summed E-state index contributed by atoms with van der Waals surface area (Å²) in [5, 5.41) is 1.45. The van der Waals surface area contributed by atoms with E-state index in [1.165, 1.54) is 11.1 Å². The van der Waals surface area contributed by atoms with Gasteiger partial charge in [-0.25, -0.2) is 0 Å². The maximum atomic E-state index is 6.24. The van der Waals surface area contributed by atoms with Crippen molar-refractivity contribution in [2.75, 3.05) is 12.3 Å². The minimum absolute atomic E-state index is 0.726. The lowest BCUT2D eigenvalue weighted by Crippen LogP contribution is -2.30. The van der Waals surface area contributed by atoms with Crippen LogP contribution in [0.5, 0.6) is 0 Å². The first-order valence-electron chi connectivity index (χ1n) is 6.66. The van der Waals surface area contributed by atoms with E-state index in [0.29, 0.717) is 0 Å². The predicted molar refractivity (Wildman–Crippen MR) is 85.1 cm³/mol. The van der Waals surface area contributed by atoms with Crippen molar-refractivity contribution < 1.29 is 0 Å². The summed E-state index contributed by atoms with van der Waals surface area (Å²) in [7, 11) is 0. The Bertz CT molecular complexity index is 620. The topological polar surface area (TPSA) is 29.3 Å². The summed E-state index contributed by atoms with van der Waals surface area (Å²) in [6, 6.07) is 11.8. The highest BCUT2D eigenvalue weighted by molar-refractivity contribution is 6.35. The van der Waals surface area contributed by atoms with Gasteiger partial charge in [0.2, 0.25) is 0 Å². The van der Waals surface area contributed by atoms with Gasteiger partial charge in [-0.15, -0.1) is 0 Å². The van der Waals surface area contributed by atoms with Crippen molar-refractivity contribution in [2.24, 2.45) is 0 Å². The maximum absolute atomic E-state index is 6.24. The molecule has 0 spiro atoms. The fourth-order valence-electron chi connectivity index (χ4n) is 2.70. The van der Waals surface area contributed by atoms with Crippen LogP contribution in [0.3, 0.4) is 0 Å². The highest BCUT2D eigenvalue weighted by atomic mass is 35.5. The molecule has 0 amide bonds. The second-order valence-corrected chi connectivity index (χ2v) is 5.96. The maximum Gasteiger partial charge on any atom is 0.0465 e. The Morgan fingerprint density at radius 2 is 1.75 bits per heavy atom. The Balaban J connectivity index is 1.83. The van der Waals surface area contributed by atoms with Gasteiger partial charge in [0, 0.05) is 40.9 Å². The number of anilines is 1. The van der Waals surface area contributed by atoms with Crippen LogP contribution < -0.4 is 5.73 Å². The van der Waals surface area contributed by atoms with Crippen LogP contribution in [0.15, 0.2) is 36.4 Å². The monoisotopic (exact) mass is 306 g/mol. The molecule has 4 heteroatoms. The third-order valence-corrected chi connectivity index (χ3v) is 4.54. The molecule has 20 heavy (non-hydrogen) atoms. The molecule has 0 saturated heterocycles. The van der Waals surface area contributed by atoms with Gasteiger partial charge in [0.1, 0.15) is 0 Å². The van der Waals surface area contributed by atoms with Crippen LogP contribution in [0.25, 0.3) is 0 Å².